The number of hydrogen-bond acceptors (Lipinski definition) is 4. The van der Waals surface area contributed by atoms with E-state index in [2.05, 4.69) is 22.4 Å². The van der Waals surface area contributed by atoms with Gasteiger partial charge in [0.1, 0.15) is 0 Å². The molecule has 1 heterocycles. The maximum Gasteiger partial charge on any atom is 0.251 e. The van der Waals surface area contributed by atoms with Crippen molar-refractivity contribution in [2.24, 2.45) is 0 Å². The molecule has 0 fully saturated rings. The SMILES string of the molecule is N#Cc1ccccc1-c1ccccc1C(=O)NCCCc1nc2ccccc2s1. The van der Waals surface area contributed by atoms with Crippen molar-refractivity contribution < 1.29 is 4.79 Å². The summed E-state index contributed by atoms with van der Waals surface area (Å²) < 4.78 is 1.19. The monoisotopic (exact) mass is 397 g/mol. The second kappa shape index (κ2) is 8.68. The van der Waals surface area contributed by atoms with Crippen LogP contribution in [0.25, 0.3) is 21.3 Å². The van der Waals surface area contributed by atoms with Crippen LogP contribution in [0.3, 0.4) is 0 Å². The van der Waals surface area contributed by atoms with Crippen LogP contribution >= 0.6 is 11.3 Å². The molecule has 4 aromatic rings. The second-order valence-electron chi connectivity index (χ2n) is 6.64. The molecule has 0 saturated carbocycles. The third-order valence-corrected chi connectivity index (χ3v) is 5.80. The molecule has 5 heteroatoms. The number of nitrogens with one attached hydrogen (secondary N) is 1. The number of benzene rings is 3. The largest absolute Gasteiger partial charge is 0.352 e. The number of thiazole rings is 1. The van der Waals surface area contributed by atoms with E-state index in [0.29, 0.717) is 17.7 Å². The van der Waals surface area contributed by atoms with E-state index < -0.39 is 0 Å². The topological polar surface area (TPSA) is 65.8 Å². The van der Waals surface area contributed by atoms with Crippen LogP contribution in [0.2, 0.25) is 0 Å². The highest BCUT2D eigenvalue weighted by atomic mass is 32.1. The lowest BCUT2D eigenvalue weighted by atomic mass is 9.95. The lowest BCUT2D eigenvalue weighted by molar-refractivity contribution is 0.0954. The summed E-state index contributed by atoms with van der Waals surface area (Å²) in [5.41, 5.74) is 3.71. The van der Waals surface area contributed by atoms with E-state index in [-0.39, 0.29) is 5.91 Å². The van der Waals surface area contributed by atoms with Gasteiger partial charge in [0.25, 0.3) is 5.91 Å². The Bertz CT molecular complexity index is 1170. The van der Waals surface area contributed by atoms with Gasteiger partial charge in [0, 0.05) is 24.1 Å². The zero-order chi connectivity index (χ0) is 20.1. The first-order valence-electron chi connectivity index (χ1n) is 9.47. The summed E-state index contributed by atoms with van der Waals surface area (Å²) in [6, 6.07) is 25.1. The van der Waals surface area contributed by atoms with Gasteiger partial charge in [-0.2, -0.15) is 5.26 Å². The minimum absolute atomic E-state index is 0.127. The smallest absolute Gasteiger partial charge is 0.251 e. The van der Waals surface area contributed by atoms with Crippen LogP contribution in [-0.4, -0.2) is 17.4 Å². The molecule has 0 bridgehead atoms. The van der Waals surface area contributed by atoms with Crippen molar-refractivity contribution >= 4 is 27.5 Å². The minimum atomic E-state index is -0.127. The van der Waals surface area contributed by atoms with Gasteiger partial charge >= 0.3 is 0 Å². The fourth-order valence-corrected chi connectivity index (χ4v) is 4.30. The van der Waals surface area contributed by atoms with Crippen LogP contribution in [0.1, 0.15) is 27.3 Å². The molecular weight excluding hydrogens is 378 g/mol. The number of para-hydroxylation sites is 1. The van der Waals surface area contributed by atoms with Crippen molar-refractivity contribution in [1.82, 2.24) is 10.3 Å². The van der Waals surface area contributed by atoms with Crippen molar-refractivity contribution in [3.05, 3.63) is 88.9 Å². The van der Waals surface area contributed by atoms with Gasteiger partial charge in [-0.05, 0) is 36.2 Å². The summed E-state index contributed by atoms with van der Waals surface area (Å²) in [6.07, 6.45) is 1.65. The highest BCUT2D eigenvalue weighted by Gasteiger charge is 2.14. The van der Waals surface area contributed by atoms with E-state index in [1.54, 1.807) is 23.5 Å². The van der Waals surface area contributed by atoms with Crippen molar-refractivity contribution in [3.63, 3.8) is 0 Å². The van der Waals surface area contributed by atoms with Crippen molar-refractivity contribution in [2.75, 3.05) is 6.54 Å². The average molecular weight is 398 g/mol. The van der Waals surface area contributed by atoms with Crippen molar-refractivity contribution in [2.45, 2.75) is 12.8 Å². The Balaban J connectivity index is 1.42. The number of nitriles is 1. The second-order valence-corrected chi connectivity index (χ2v) is 7.75. The number of carbonyl (C=O) groups is 1. The number of rotatable bonds is 6. The summed E-state index contributed by atoms with van der Waals surface area (Å²) >= 11 is 1.70. The molecule has 0 saturated heterocycles. The zero-order valence-electron chi connectivity index (χ0n) is 15.8. The lowest BCUT2D eigenvalue weighted by Crippen LogP contribution is -2.25. The van der Waals surface area contributed by atoms with Crippen LogP contribution in [-0.2, 0) is 6.42 Å². The predicted octanol–water partition coefficient (Wildman–Crippen LogP) is 5.20. The number of aryl methyl sites for hydroxylation is 1. The summed E-state index contributed by atoms with van der Waals surface area (Å²) in [7, 11) is 0. The van der Waals surface area contributed by atoms with E-state index in [1.165, 1.54) is 4.70 Å². The Morgan fingerprint density at radius 2 is 1.69 bits per heavy atom. The van der Waals surface area contributed by atoms with E-state index >= 15 is 0 Å². The molecule has 0 aliphatic heterocycles. The molecule has 4 nitrogen and oxygen atoms in total. The molecule has 0 unspecified atom stereocenters. The first-order valence-corrected chi connectivity index (χ1v) is 10.3. The summed E-state index contributed by atoms with van der Waals surface area (Å²) in [5.74, 6) is -0.127. The predicted molar refractivity (Wildman–Crippen MR) is 117 cm³/mol. The van der Waals surface area contributed by atoms with Crippen LogP contribution in [0.15, 0.2) is 72.8 Å². The first kappa shape index (κ1) is 18.9. The molecule has 1 amide bonds. The Morgan fingerprint density at radius 3 is 2.52 bits per heavy atom. The molecule has 0 aliphatic carbocycles. The summed E-state index contributed by atoms with van der Waals surface area (Å²) in [5, 5.41) is 13.5. The first-order chi connectivity index (χ1) is 14.3. The fraction of sp³-hybridized carbons (Fsp3) is 0.125. The van der Waals surface area contributed by atoms with Gasteiger partial charge in [0.2, 0.25) is 0 Å². The number of hydrogen-bond donors (Lipinski definition) is 1. The Labute approximate surface area is 173 Å². The van der Waals surface area contributed by atoms with Gasteiger partial charge in [-0.15, -0.1) is 11.3 Å². The van der Waals surface area contributed by atoms with Gasteiger partial charge in [-0.3, -0.25) is 4.79 Å². The van der Waals surface area contributed by atoms with Crippen molar-refractivity contribution in [1.29, 1.82) is 5.26 Å². The molecule has 1 aromatic heterocycles. The minimum Gasteiger partial charge on any atom is -0.352 e. The van der Waals surface area contributed by atoms with E-state index in [4.69, 9.17) is 0 Å². The number of aromatic nitrogens is 1. The molecular formula is C24H19N3OS. The van der Waals surface area contributed by atoms with E-state index in [9.17, 15) is 10.1 Å². The number of carbonyl (C=O) groups excluding carboxylic acids is 1. The number of amides is 1. The standard InChI is InChI=1S/C24H19N3OS/c25-16-17-8-1-2-9-18(17)19-10-3-4-11-20(19)24(28)26-15-7-14-23-27-21-12-5-6-13-22(21)29-23/h1-6,8-13H,7,14-15H2,(H,26,28). The quantitative estimate of drug-likeness (QED) is 0.455. The molecule has 0 spiro atoms. The Hall–Kier alpha value is -3.49. The molecule has 0 aliphatic rings. The maximum atomic E-state index is 12.8. The number of nitrogens with zero attached hydrogens (tertiary/aromatic N) is 2. The molecule has 1 N–H and O–H groups in total. The van der Waals surface area contributed by atoms with Gasteiger partial charge in [0.05, 0.1) is 26.9 Å². The van der Waals surface area contributed by atoms with E-state index in [0.717, 1.165) is 34.5 Å². The maximum absolute atomic E-state index is 12.8. The summed E-state index contributed by atoms with van der Waals surface area (Å²) in [6.45, 7) is 0.572. The highest BCUT2D eigenvalue weighted by molar-refractivity contribution is 7.18. The highest BCUT2D eigenvalue weighted by Crippen LogP contribution is 2.27. The van der Waals surface area contributed by atoms with Crippen LogP contribution in [0.5, 0.6) is 0 Å². The van der Waals surface area contributed by atoms with Gasteiger partial charge in [-0.25, -0.2) is 4.98 Å². The third-order valence-electron chi connectivity index (χ3n) is 4.70. The molecule has 0 atom stereocenters. The average Bonchev–Trinajstić information content (AvgIpc) is 3.19. The fourth-order valence-electron chi connectivity index (χ4n) is 3.30. The lowest BCUT2D eigenvalue weighted by Gasteiger charge is -2.11. The van der Waals surface area contributed by atoms with Crippen LogP contribution < -0.4 is 5.32 Å². The van der Waals surface area contributed by atoms with Gasteiger partial charge in [-0.1, -0.05) is 48.5 Å². The zero-order valence-corrected chi connectivity index (χ0v) is 16.6. The molecule has 3 aromatic carbocycles. The molecule has 0 radical (unpaired) electrons. The van der Waals surface area contributed by atoms with Gasteiger partial charge in [0.15, 0.2) is 0 Å². The van der Waals surface area contributed by atoms with Gasteiger partial charge < -0.3 is 5.32 Å². The Kier molecular flexibility index (Phi) is 5.64. The number of fused-ring (bicyclic) bond motifs is 1. The Morgan fingerprint density at radius 1 is 0.966 bits per heavy atom. The van der Waals surface area contributed by atoms with Crippen LogP contribution in [0, 0.1) is 11.3 Å². The molecule has 4 rings (SSSR count). The third kappa shape index (κ3) is 4.18. The molecule has 29 heavy (non-hydrogen) atoms. The molecule has 142 valence electrons. The normalized spacial score (nSPS) is 10.6. The van der Waals surface area contributed by atoms with Crippen LogP contribution in [0.4, 0.5) is 0 Å². The van der Waals surface area contributed by atoms with Crippen molar-refractivity contribution in [3.8, 4) is 17.2 Å². The van der Waals surface area contributed by atoms with E-state index in [1.807, 2.05) is 54.6 Å². The summed E-state index contributed by atoms with van der Waals surface area (Å²) in [4.78, 5) is 17.4.